The van der Waals surface area contributed by atoms with Crippen LogP contribution in [0.2, 0.25) is 0 Å². The predicted molar refractivity (Wildman–Crippen MR) is 123 cm³/mol. The number of carbonyl (C=O) groups is 1. The lowest BCUT2D eigenvalue weighted by molar-refractivity contribution is -0.0874. The van der Waals surface area contributed by atoms with Crippen LogP contribution in [0.4, 0.5) is 0 Å². The third-order valence-electron chi connectivity index (χ3n) is 6.23. The zero-order valence-corrected chi connectivity index (χ0v) is 19.8. The summed E-state index contributed by atoms with van der Waals surface area (Å²) in [5.41, 5.74) is 2.43. The highest BCUT2D eigenvalue weighted by Gasteiger charge is 2.44. The van der Waals surface area contributed by atoms with E-state index in [9.17, 15) is 4.79 Å². The molecule has 3 heterocycles. The lowest BCUT2D eigenvalue weighted by Gasteiger charge is -2.46. The summed E-state index contributed by atoms with van der Waals surface area (Å²) in [5.74, 6) is 1.70. The second-order valence-electron chi connectivity index (χ2n) is 9.52. The van der Waals surface area contributed by atoms with E-state index in [1.54, 1.807) is 12.4 Å². The van der Waals surface area contributed by atoms with Gasteiger partial charge >= 0.3 is 0 Å². The van der Waals surface area contributed by atoms with Gasteiger partial charge in [0.2, 0.25) is 0 Å². The first-order valence-electron chi connectivity index (χ1n) is 11.6. The molecular formula is C26H34N2O4. The van der Waals surface area contributed by atoms with Gasteiger partial charge in [0, 0.05) is 49.7 Å². The lowest BCUT2D eigenvalue weighted by atomic mass is 9.81. The molecule has 1 fully saturated rings. The molecule has 0 N–H and O–H groups in total. The Balaban J connectivity index is 1.45. The molecule has 1 unspecified atom stereocenters. The van der Waals surface area contributed by atoms with Crippen molar-refractivity contribution >= 4 is 5.91 Å². The Bertz CT molecular complexity index is 964. The van der Waals surface area contributed by atoms with Crippen molar-refractivity contribution < 1.29 is 19.0 Å². The fraction of sp³-hybridized carbons (Fsp3) is 0.538. The summed E-state index contributed by atoms with van der Waals surface area (Å²) in [7, 11) is 0. The fourth-order valence-corrected chi connectivity index (χ4v) is 4.69. The number of aromatic nitrogens is 1. The first-order valence-corrected chi connectivity index (χ1v) is 11.6. The monoisotopic (exact) mass is 438 g/mol. The van der Waals surface area contributed by atoms with Gasteiger partial charge in [0.15, 0.2) is 0 Å². The minimum Gasteiger partial charge on any atom is -0.491 e. The van der Waals surface area contributed by atoms with Crippen molar-refractivity contribution in [1.82, 2.24) is 9.88 Å². The fourth-order valence-electron chi connectivity index (χ4n) is 4.69. The van der Waals surface area contributed by atoms with Crippen molar-refractivity contribution in [3.8, 4) is 11.5 Å². The molecule has 0 aliphatic carbocycles. The third-order valence-corrected chi connectivity index (χ3v) is 6.23. The van der Waals surface area contributed by atoms with Crippen molar-refractivity contribution in [3.63, 3.8) is 0 Å². The van der Waals surface area contributed by atoms with Gasteiger partial charge in [-0.25, -0.2) is 0 Å². The van der Waals surface area contributed by atoms with Gasteiger partial charge in [0.25, 0.3) is 5.91 Å². The zero-order valence-electron chi connectivity index (χ0n) is 19.8. The van der Waals surface area contributed by atoms with Gasteiger partial charge < -0.3 is 19.1 Å². The molecule has 0 radical (unpaired) electrons. The number of aryl methyl sites for hydroxylation is 1. The van der Waals surface area contributed by atoms with Gasteiger partial charge in [-0.05, 0) is 64.4 Å². The van der Waals surface area contributed by atoms with Gasteiger partial charge in [-0.3, -0.25) is 9.78 Å². The van der Waals surface area contributed by atoms with Crippen molar-refractivity contribution in [2.75, 3.05) is 13.1 Å². The molecule has 1 aromatic carbocycles. The van der Waals surface area contributed by atoms with E-state index in [-0.39, 0.29) is 29.8 Å². The molecule has 2 aliphatic rings. The standard InChI is InChI=1S/C26H34N2O4/c1-17(2)30-22-7-6-20(14-19(22)5)25(29)28-12-9-26(10-13-28)15-23(31-18(3)4)21-8-11-27-16-24(21)32-26/h6-8,11,14,16-18,23H,9-10,12-13,15H2,1-5H3. The summed E-state index contributed by atoms with van der Waals surface area (Å²) in [6.07, 6.45) is 6.14. The number of ether oxygens (including phenoxy) is 3. The second-order valence-corrected chi connectivity index (χ2v) is 9.52. The highest BCUT2D eigenvalue weighted by Crippen LogP contribution is 2.45. The van der Waals surface area contributed by atoms with Crippen LogP contribution >= 0.6 is 0 Å². The lowest BCUT2D eigenvalue weighted by Crippen LogP contribution is -2.52. The molecule has 2 aromatic rings. The van der Waals surface area contributed by atoms with Crippen LogP contribution in [0.3, 0.4) is 0 Å². The number of amides is 1. The maximum absolute atomic E-state index is 13.2. The minimum absolute atomic E-state index is 0.0137. The Morgan fingerprint density at radius 2 is 1.91 bits per heavy atom. The van der Waals surface area contributed by atoms with Gasteiger partial charge in [0.1, 0.15) is 17.1 Å². The van der Waals surface area contributed by atoms with E-state index < -0.39 is 0 Å². The molecular weight excluding hydrogens is 404 g/mol. The number of benzene rings is 1. The van der Waals surface area contributed by atoms with Gasteiger partial charge in [-0.1, -0.05) is 0 Å². The minimum atomic E-state index is -0.322. The summed E-state index contributed by atoms with van der Waals surface area (Å²) in [6, 6.07) is 7.68. The molecule has 2 aliphatic heterocycles. The number of rotatable bonds is 5. The molecule has 1 amide bonds. The summed E-state index contributed by atoms with van der Waals surface area (Å²) < 4.78 is 18.5. The van der Waals surface area contributed by atoms with Crippen molar-refractivity contribution in [2.45, 2.75) is 77.8 Å². The smallest absolute Gasteiger partial charge is 0.253 e. The van der Waals surface area contributed by atoms with E-state index in [1.165, 1.54) is 0 Å². The van der Waals surface area contributed by atoms with E-state index in [4.69, 9.17) is 14.2 Å². The van der Waals surface area contributed by atoms with Gasteiger partial charge in [-0.2, -0.15) is 0 Å². The third kappa shape index (κ3) is 4.75. The first kappa shape index (κ1) is 22.6. The number of piperidine rings is 1. The van der Waals surface area contributed by atoms with Gasteiger partial charge in [-0.15, -0.1) is 0 Å². The maximum Gasteiger partial charge on any atom is 0.253 e. The van der Waals surface area contributed by atoms with Crippen LogP contribution in [0.15, 0.2) is 36.7 Å². The predicted octanol–water partition coefficient (Wildman–Crippen LogP) is 5.10. The summed E-state index contributed by atoms with van der Waals surface area (Å²) in [5, 5.41) is 0. The topological polar surface area (TPSA) is 60.9 Å². The average Bonchev–Trinajstić information content (AvgIpc) is 2.74. The van der Waals surface area contributed by atoms with E-state index in [2.05, 4.69) is 18.8 Å². The van der Waals surface area contributed by atoms with Crippen molar-refractivity contribution in [3.05, 3.63) is 53.3 Å². The van der Waals surface area contributed by atoms with E-state index in [0.29, 0.717) is 18.7 Å². The molecule has 32 heavy (non-hydrogen) atoms. The molecule has 6 nitrogen and oxygen atoms in total. The molecule has 0 bridgehead atoms. The largest absolute Gasteiger partial charge is 0.491 e. The molecule has 6 heteroatoms. The first-order chi connectivity index (χ1) is 15.3. The molecule has 1 saturated heterocycles. The van der Waals surface area contributed by atoms with Crippen molar-refractivity contribution in [2.24, 2.45) is 0 Å². The van der Waals surface area contributed by atoms with Crippen LogP contribution in [0.1, 0.15) is 74.5 Å². The van der Waals surface area contributed by atoms with E-state index >= 15 is 0 Å². The molecule has 1 aromatic heterocycles. The SMILES string of the molecule is Cc1cc(C(=O)N2CCC3(CC2)CC(OC(C)C)c2ccncc2O3)ccc1OC(C)C. The Kier molecular flexibility index (Phi) is 6.42. The molecule has 172 valence electrons. The molecule has 1 atom stereocenters. The zero-order chi connectivity index (χ0) is 22.9. The number of fused-ring (bicyclic) bond motifs is 1. The maximum atomic E-state index is 13.2. The highest BCUT2D eigenvalue weighted by atomic mass is 16.5. The summed E-state index contributed by atoms with van der Waals surface area (Å²) in [6.45, 7) is 11.4. The average molecular weight is 439 g/mol. The van der Waals surface area contributed by atoms with Crippen LogP contribution in [0.5, 0.6) is 11.5 Å². The normalized spacial score (nSPS) is 19.7. The number of carbonyl (C=O) groups excluding carboxylic acids is 1. The summed E-state index contributed by atoms with van der Waals surface area (Å²) in [4.78, 5) is 19.4. The Labute approximate surface area is 190 Å². The number of nitrogens with zero attached hydrogens (tertiary/aromatic N) is 2. The highest BCUT2D eigenvalue weighted by molar-refractivity contribution is 5.94. The quantitative estimate of drug-likeness (QED) is 0.650. The molecule has 0 saturated carbocycles. The number of pyridine rings is 1. The second kappa shape index (κ2) is 9.10. The van der Waals surface area contributed by atoms with Gasteiger partial charge in [0.05, 0.1) is 24.5 Å². The molecule has 4 rings (SSSR count). The number of likely N-dealkylation sites (tertiary alicyclic amines) is 1. The van der Waals surface area contributed by atoms with Crippen LogP contribution in [-0.4, -0.2) is 46.7 Å². The summed E-state index contributed by atoms with van der Waals surface area (Å²) >= 11 is 0. The number of hydrogen-bond acceptors (Lipinski definition) is 5. The van der Waals surface area contributed by atoms with Crippen LogP contribution < -0.4 is 9.47 Å². The van der Waals surface area contributed by atoms with Crippen LogP contribution in [-0.2, 0) is 4.74 Å². The molecule has 1 spiro atoms. The van der Waals surface area contributed by atoms with E-state index in [0.717, 1.165) is 41.9 Å². The Hall–Kier alpha value is -2.60. The number of hydrogen-bond donors (Lipinski definition) is 0. The Morgan fingerprint density at radius 3 is 2.56 bits per heavy atom. The van der Waals surface area contributed by atoms with Crippen LogP contribution in [0, 0.1) is 6.92 Å². The van der Waals surface area contributed by atoms with Crippen LogP contribution in [0.25, 0.3) is 0 Å². The Morgan fingerprint density at radius 1 is 1.16 bits per heavy atom. The van der Waals surface area contributed by atoms with E-state index in [1.807, 2.05) is 49.9 Å². The van der Waals surface area contributed by atoms with Crippen molar-refractivity contribution in [1.29, 1.82) is 0 Å².